The first kappa shape index (κ1) is 10.3. The Morgan fingerprint density at radius 1 is 1.50 bits per heavy atom. The quantitative estimate of drug-likeness (QED) is 0.752. The van der Waals surface area contributed by atoms with E-state index in [4.69, 9.17) is 11.0 Å². The van der Waals surface area contributed by atoms with Gasteiger partial charge in [-0.25, -0.2) is 4.98 Å². The second-order valence-corrected chi connectivity index (χ2v) is 2.60. The second-order valence-electron chi connectivity index (χ2n) is 2.60. The second kappa shape index (κ2) is 3.54. The summed E-state index contributed by atoms with van der Waals surface area (Å²) in [5.41, 5.74) is 4.07. The van der Waals surface area contributed by atoms with Gasteiger partial charge in [-0.15, -0.1) is 0 Å². The molecule has 0 amide bonds. The number of hydrogen-bond donors (Lipinski definition) is 1. The Labute approximate surface area is 78.0 Å². The summed E-state index contributed by atoms with van der Waals surface area (Å²) in [6.45, 7) is 0. The van der Waals surface area contributed by atoms with Gasteiger partial charge in [0.25, 0.3) is 0 Å². The number of rotatable bonds is 1. The largest absolute Gasteiger partial charge is 0.416 e. The van der Waals surface area contributed by atoms with E-state index < -0.39 is 11.7 Å². The van der Waals surface area contributed by atoms with Crippen LogP contribution in [0.4, 0.5) is 19.0 Å². The van der Waals surface area contributed by atoms with E-state index in [1.165, 1.54) is 0 Å². The Bertz CT molecular complexity index is 378. The minimum Gasteiger partial charge on any atom is -0.384 e. The Hall–Kier alpha value is -1.77. The van der Waals surface area contributed by atoms with Gasteiger partial charge in [-0.3, -0.25) is 0 Å². The van der Waals surface area contributed by atoms with Crippen LogP contribution in [0.15, 0.2) is 12.3 Å². The van der Waals surface area contributed by atoms with Crippen LogP contribution in [0.2, 0.25) is 0 Å². The molecule has 6 heteroatoms. The van der Waals surface area contributed by atoms with E-state index in [9.17, 15) is 13.2 Å². The number of halogens is 3. The number of nitrogens with zero attached hydrogens (tertiary/aromatic N) is 2. The van der Waals surface area contributed by atoms with Crippen LogP contribution in [0, 0.1) is 11.3 Å². The first-order chi connectivity index (χ1) is 6.45. The molecule has 14 heavy (non-hydrogen) atoms. The molecule has 0 unspecified atom stereocenters. The number of nitrogen functional groups attached to an aromatic ring is 1. The van der Waals surface area contributed by atoms with Crippen molar-refractivity contribution in [2.24, 2.45) is 0 Å². The van der Waals surface area contributed by atoms with Crippen molar-refractivity contribution < 1.29 is 13.2 Å². The van der Waals surface area contributed by atoms with Crippen LogP contribution in [-0.4, -0.2) is 4.98 Å². The topological polar surface area (TPSA) is 62.7 Å². The lowest BCUT2D eigenvalue weighted by Gasteiger charge is -2.10. The Morgan fingerprint density at radius 2 is 2.14 bits per heavy atom. The lowest BCUT2D eigenvalue weighted by molar-refractivity contribution is -0.138. The third-order valence-corrected chi connectivity index (χ3v) is 1.58. The van der Waals surface area contributed by atoms with Gasteiger partial charge in [0.05, 0.1) is 18.1 Å². The minimum atomic E-state index is -4.50. The zero-order chi connectivity index (χ0) is 10.8. The molecule has 0 spiro atoms. The number of nitriles is 1. The molecule has 74 valence electrons. The molecule has 1 aromatic heterocycles. The molecule has 0 saturated heterocycles. The fourth-order valence-corrected chi connectivity index (χ4v) is 0.990. The summed E-state index contributed by atoms with van der Waals surface area (Å²) in [4.78, 5) is 3.50. The molecule has 0 aromatic carbocycles. The standard InChI is InChI=1S/C8H6F3N3/c9-8(10,11)6-3-7(13)14-4-5(6)1-2-12/h3-4H,1H2,(H2,13,14). The molecule has 0 saturated carbocycles. The molecule has 0 bridgehead atoms. The van der Waals surface area contributed by atoms with Gasteiger partial charge in [-0.2, -0.15) is 18.4 Å². The van der Waals surface area contributed by atoms with Crippen LogP contribution in [0.25, 0.3) is 0 Å². The van der Waals surface area contributed by atoms with Gasteiger partial charge in [-0.1, -0.05) is 0 Å². The van der Waals surface area contributed by atoms with Gasteiger partial charge in [-0.05, 0) is 11.6 Å². The summed E-state index contributed by atoms with van der Waals surface area (Å²) < 4.78 is 37.1. The van der Waals surface area contributed by atoms with Gasteiger partial charge in [0.15, 0.2) is 0 Å². The maximum absolute atomic E-state index is 12.4. The van der Waals surface area contributed by atoms with Crippen molar-refractivity contribution in [2.75, 3.05) is 5.73 Å². The van der Waals surface area contributed by atoms with E-state index >= 15 is 0 Å². The van der Waals surface area contributed by atoms with Gasteiger partial charge in [0.1, 0.15) is 5.82 Å². The summed E-state index contributed by atoms with van der Waals surface area (Å²) in [7, 11) is 0. The Balaban J connectivity index is 3.24. The molecule has 0 aliphatic heterocycles. The Kier molecular flexibility index (Phi) is 2.60. The first-order valence-corrected chi connectivity index (χ1v) is 3.63. The van der Waals surface area contributed by atoms with Gasteiger partial charge in [0, 0.05) is 6.20 Å². The number of nitrogens with two attached hydrogens (primary N) is 1. The van der Waals surface area contributed by atoms with Crippen LogP contribution < -0.4 is 5.73 Å². The highest BCUT2D eigenvalue weighted by molar-refractivity contribution is 5.39. The van der Waals surface area contributed by atoms with Crippen LogP contribution >= 0.6 is 0 Å². The van der Waals surface area contributed by atoms with E-state index in [0.29, 0.717) is 0 Å². The molecule has 0 atom stereocenters. The monoisotopic (exact) mass is 201 g/mol. The third-order valence-electron chi connectivity index (χ3n) is 1.58. The van der Waals surface area contributed by atoms with Crippen molar-refractivity contribution >= 4 is 5.82 Å². The number of pyridine rings is 1. The first-order valence-electron chi connectivity index (χ1n) is 3.63. The SMILES string of the molecule is N#CCc1cnc(N)cc1C(F)(F)F. The summed E-state index contributed by atoms with van der Waals surface area (Å²) >= 11 is 0. The van der Waals surface area contributed by atoms with Crippen molar-refractivity contribution in [1.82, 2.24) is 4.98 Å². The molecule has 1 rings (SSSR count). The smallest absolute Gasteiger partial charge is 0.384 e. The highest BCUT2D eigenvalue weighted by atomic mass is 19.4. The number of anilines is 1. The van der Waals surface area contributed by atoms with Gasteiger partial charge < -0.3 is 5.73 Å². The third kappa shape index (κ3) is 2.13. The minimum absolute atomic E-state index is 0.158. The van der Waals surface area contributed by atoms with Crippen LogP contribution in [0.1, 0.15) is 11.1 Å². The molecule has 0 aliphatic carbocycles. The average molecular weight is 201 g/mol. The van der Waals surface area contributed by atoms with Crippen molar-refractivity contribution in [3.63, 3.8) is 0 Å². The normalized spacial score (nSPS) is 11.0. The highest BCUT2D eigenvalue weighted by Gasteiger charge is 2.33. The van der Waals surface area contributed by atoms with Crippen LogP contribution in [0.5, 0.6) is 0 Å². The molecule has 0 radical (unpaired) electrons. The van der Waals surface area contributed by atoms with Crippen molar-refractivity contribution in [3.8, 4) is 6.07 Å². The molecule has 0 aliphatic rings. The van der Waals surface area contributed by atoms with Crippen molar-refractivity contribution in [1.29, 1.82) is 5.26 Å². The summed E-state index contributed by atoms with van der Waals surface area (Å²) in [6, 6.07) is 2.36. The maximum atomic E-state index is 12.4. The molecule has 1 heterocycles. The summed E-state index contributed by atoms with van der Waals surface area (Å²) in [6.07, 6.45) is -3.85. The van der Waals surface area contributed by atoms with Crippen molar-refractivity contribution in [3.05, 3.63) is 23.4 Å². The molecule has 0 fully saturated rings. The fourth-order valence-electron chi connectivity index (χ4n) is 0.990. The fraction of sp³-hybridized carbons (Fsp3) is 0.250. The molecule has 3 nitrogen and oxygen atoms in total. The average Bonchev–Trinajstić information content (AvgIpc) is 2.07. The zero-order valence-corrected chi connectivity index (χ0v) is 6.97. The summed E-state index contributed by atoms with van der Waals surface area (Å²) in [5.74, 6) is -0.209. The molecule has 1 aromatic rings. The van der Waals surface area contributed by atoms with Crippen molar-refractivity contribution in [2.45, 2.75) is 12.6 Å². The van der Waals surface area contributed by atoms with Crippen LogP contribution in [-0.2, 0) is 12.6 Å². The predicted octanol–water partition coefficient (Wildman–Crippen LogP) is 1.75. The van der Waals surface area contributed by atoms with Gasteiger partial charge in [0.2, 0.25) is 0 Å². The van der Waals surface area contributed by atoms with E-state index in [1.807, 2.05) is 0 Å². The van der Waals surface area contributed by atoms with E-state index in [2.05, 4.69) is 4.98 Å². The number of aromatic nitrogens is 1. The van der Waals surface area contributed by atoms with E-state index in [0.717, 1.165) is 12.3 Å². The highest BCUT2D eigenvalue weighted by Crippen LogP contribution is 2.32. The zero-order valence-electron chi connectivity index (χ0n) is 6.97. The van der Waals surface area contributed by atoms with Crippen LogP contribution in [0.3, 0.4) is 0 Å². The lowest BCUT2D eigenvalue weighted by Crippen LogP contribution is -2.10. The number of alkyl halides is 3. The molecular formula is C8H6F3N3. The number of hydrogen-bond acceptors (Lipinski definition) is 3. The molecular weight excluding hydrogens is 195 g/mol. The maximum Gasteiger partial charge on any atom is 0.416 e. The predicted molar refractivity (Wildman–Crippen MR) is 43.0 cm³/mol. The van der Waals surface area contributed by atoms with E-state index in [1.54, 1.807) is 6.07 Å². The Morgan fingerprint density at radius 3 is 2.64 bits per heavy atom. The van der Waals surface area contributed by atoms with Gasteiger partial charge >= 0.3 is 6.18 Å². The lowest BCUT2D eigenvalue weighted by atomic mass is 10.1. The summed E-state index contributed by atoms with van der Waals surface area (Å²) in [5, 5.41) is 8.30. The van der Waals surface area contributed by atoms with E-state index in [-0.39, 0.29) is 17.8 Å². The molecule has 2 N–H and O–H groups in total.